The zero-order valence-corrected chi connectivity index (χ0v) is 22.1. The van der Waals surface area contributed by atoms with Crippen LogP contribution in [0.5, 0.6) is 11.5 Å². The minimum Gasteiger partial charge on any atom is -0.456 e. The van der Waals surface area contributed by atoms with Gasteiger partial charge in [-0.3, -0.25) is 4.79 Å². The number of carbonyl (C=O) groups excluding carboxylic acids is 1. The van der Waals surface area contributed by atoms with Gasteiger partial charge in [-0.1, -0.05) is 17.7 Å². The molecule has 3 N–H and O–H groups in total. The van der Waals surface area contributed by atoms with Crippen molar-refractivity contribution in [1.82, 2.24) is 19.9 Å². The maximum absolute atomic E-state index is 12.0. The van der Waals surface area contributed by atoms with Crippen LogP contribution in [-0.2, 0) is 11.3 Å². The molecule has 0 aliphatic rings. The molecule has 0 spiro atoms. The van der Waals surface area contributed by atoms with E-state index in [0.717, 1.165) is 22.4 Å². The van der Waals surface area contributed by atoms with Gasteiger partial charge in [0, 0.05) is 50.8 Å². The lowest BCUT2D eigenvalue weighted by atomic mass is 10.1. The third-order valence-corrected chi connectivity index (χ3v) is 5.87. The van der Waals surface area contributed by atoms with E-state index in [2.05, 4.69) is 20.6 Å². The fourth-order valence-electron chi connectivity index (χ4n) is 3.83. The second-order valence-corrected chi connectivity index (χ2v) is 9.98. The quantitative estimate of drug-likeness (QED) is 0.270. The van der Waals surface area contributed by atoms with Crippen LogP contribution in [0.1, 0.15) is 20.3 Å². The fourth-order valence-corrected chi connectivity index (χ4v) is 4.05. The third kappa shape index (κ3) is 6.90. The Kier molecular flexibility index (Phi) is 7.85. The maximum Gasteiger partial charge on any atom is 0.222 e. The topological polar surface area (TPSA) is 105 Å². The number of rotatable bonds is 10. The molecule has 0 aliphatic carbocycles. The Balaban J connectivity index is 1.47. The summed E-state index contributed by atoms with van der Waals surface area (Å²) < 4.78 is 7.98. The molecule has 0 atom stereocenters. The van der Waals surface area contributed by atoms with E-state index in [0.29, 0.717) is 35.4 Å². The molecular formula is C27H31ClN6O3. The molecule has 0 aliphatic heterocycles. The molecule has 0 bridgehead atoms. The molecule has 10 heteroatoms. The average molecular weight is 523 g/mol. The molecule has 0 saturated carbocycles. The first-order valence-corrected chi connectivity index (χ1v) is 12.3. The first-order valence-electron chi connectivity index (χ1n) is 11.9. The minimum absolute atomic E-state index is 0.0386. The van der Waals surface area contributed by atoms with Crippen LogP contribution in [-0.4, -0.2) is 51.8 Å². The number of ether oxygens (including phenoxy) is 1. The number of aliphatic hydroxyl groups is 1. The van der Waals surface area contributed by atoms with E-state index in [1.165, 1.54) is 6.33 Å². The molecule has 0 radical (unpaired) electrons. The standard InChI is InChI=1S/C27H31ClN6O3/c1-27(2,36)16-24(35)29-11-13-34-12-10-22-25(34)26(31-17-30-22)32-18-8-9-23(21(28)14-18)37-20-7-5-6-19(15-20)33(3)4/h5-10,12,14-15,17,36H,11,13,16H2,1-4H3,(H,29,35)(H,30,31,32). The number of hydrogen-bond acceptors (Lipinski definition) is 7. The van der Waals surface area contributed by atoms with E-state index >= 15 is 0 Å². The highest BCUT2D eigenvalue weighted by molar-refractivity contribution is 6.32. The van der Waals surface area contributed by atoms with Gasteiger partial charge in [-0.05, 0) is 50.2 Å². The van der Waals surface area contributed by atoms with Crippen LogP contribution < -0.4 is 20.3 Å². The number of nitrogens with zero attached hydrogens (tertiary/aromatic N) is 4. The van der Waals surface area contributed by atoms with Crippen molar-refractivity contribution in [2.24, 2.45) is 0 Å². The molecule has 4 rings (SSSR count). The summed E-state index contributed by atoms with van der Waals surface area (Å²) in [4.78, 5) is 22.8. The van der Waals surface area contributed by atoms with E-state index in [1.807, 2.05) is 72.2 Å². The number of halogens is 1. The number of amides is 1. The molecule has 37 heavy (non-hydrogen) atoms. The van der Waals surface area contributed by atoms with Crippen molar-refractivity contribution in [3.63, 3.8) is 0 Å². The van der Waals surface area contributed by atoms with Gasteiger partial charge in [0.15, 0.2) is 5.82 Å². The van der Waals surface area contributed by atoms with Crippen molar-refractivity contribution in [2.75, 3.05) is 30.9 Å². The van der Waals surface area contributed by atoms with Crippen molar-refractivity contribution in [3.05, 3.63) is 66.1 Å². The zero-order chi connectivity index (χ0) is 26.6. The Morgan fingerprint density at radius 3 is 2.70 bits per heavy atom. The average Bonchev–Trinajstić information content (AvgIpc) is 3.24. The van der Waals surface area contributed by atoms with E-state index < -0.39 is 5.60 Å². The lowest BCUT2D eigenvalue weighted by Gasteiger charge is -2.16. The Bertz CT molecular complexity index is 1400. The molecule has 2 aromatic heterocycles. The van der Waals surface area contributed by atoms with Gasteiger partial charge >= 0.3 is 0 Å². The zero-order valence-electron chi connectivity index (χ0n) is 21.3. The predicted octanol–water partition coefficient (Wildman–Crippen LogP) is 4.96. The summed E-state index contributed by atoms with van der Waals surface area (Å²) in [5.41, 5.74) is 2.29. The van der Waals surface area contributed by atoms with Gasteiger partial charge in [0.2, 0.25) is 5.91 Å². The van der Waals surface area contributed by atoms with Crippen molar-refractivity contribution in [2.45, 2.75) is 32.4 Å². The number of anilines is 3. The van der Waals surface area contributed by atoms with Gasteiger partial charge in [0.25, 0.3) is 0 Å². The van der Waals surface area contributed by atoms with Crippen LogP contribution in [0.3, 0.4) is 0 Å². The first kappa shape index (κ1) is 26.2. The summed E-state index contributed by atoms with van der Waals surface area (Å²) in [6.45, 7) is 4.13. The molecule has 2 heterocycles. The van der Waals surface area contributed by atoms with Gasteiger partial charge in [0.05, 0.1) is 22.6 Å². The van der Waals surface area contributed by atoms with Crippen LogP contribution in [0.25, 0.3) is 11.0 Å². The van der Waals surface area contributed by atoms with Crippen molar-refractivity contribution >= 4 is 45.7 Å². The molecule has 0 unspecified atom stereocenters. The number of fused-ring (bicyclic) bond motifs is 1. The lowest BCUT2D eigenvalue weighted by Crippen LogP contribution is -2.33. The summed E-state index contributed by atoms with van der Waals surface area (Å²) >= 11 is 6.55. The van der Waals surface area contributed by atoms with Crippen LogP contribution >= 0.6 is 11.6 Å². The molecule has 4 aromatic rings. The third-order valence-electron chi connectivity index (χ3n) is 5.57. The summed E-state index contributed by atoms with van der Waals surface area (Å²) in [5.74, 6) is 1.64. The smallest absolute Gasteiger partial charge is 0.222 e. The number of benzene rings is 2. The molecule has 0 fully saturated rings. The molecule has 2 aromatic carbocycles. The Morgan fingerprint density at radius 2 is 1.97 bits per heavy atom. The van der Waals surface area contributed by atoms with Gasteiger partial charge in [-0.15, -0.1) is 0 Å². The Labute approximate surface area is 221 Å². The Morgan fingerprint density at radius 1 is 1.16 bits per heavy atom. The monoisotopic (exact) mass is 522 g/mol. The van der Waals surface area contributed by atoms with E-state index in [1.54, 1.807) is 19.9 Å². The second kappa shape index (κ2) is 11.1. The van der Waals surface area contributed by atoms with E-state index in [4.69, 9.17) is 16.3 Å². The van der Waals surface area contributed by atoms with Crippen LogP contribution in [0.4, 0.5) is 17.2 Å². The van der Waals surface area contributed by atoms with Gasteiger partial charge in [-0.2, -0.15) is 0 Å². The highest BCUT2D eigenvalue weighted by Crippen LogP contribution is 2.34. The van der Waals surface area contributed by atoms with Gasteiger partial charge in [0.1, 0.15) is 23.3 Å². The summed E-state index contributed by atoms with van der Waals surface area (Å²) in [7, 11) is 3.95. The molecular weight excluding hydrogens is 492 g/mol. The van der Waals surface area contributed by atoms with Gasteiger partial charge < -0.3 is 29.9 Å². The van der Waals surface area contributed by atoms with Crippen molar-refractivity contribution in [3.8, 4) is 11.5 Å². The van der Waals surface area contributed by atoms with Crippen LogP contribution in [0, 0.1) is 0 Å². The molecule has 9 nitrogen and oxygen atoms in total. The number of nitrogens with one attached hydrogen (secondary N) is 2. The normalized spacial score (nSPS) is 11.4. The number of aromatic nitrogens is 3. The second-order valence-electron chi connectivity index (χ2n) is 9.57. The van der Waals surface area contributed by atoms with Crippen LogP contribution in [0.2, 0.25) is 5.02 Å². The van der Waals surface area contributed by atoms with Crippen molar-refractivity contribution < 1.29 is 14.6 Å². The first-order chi connectivity index (χ1) is 17.6. The summed E-state index contributed by atoms with van der Waals surface area (Å²) in [5, 5.41) is 16.4. The number of hydrogen-bond donors (Lipinski definition) is 3. The van der Waals surface area contributed by atoms with Gasteiger partial charge in [-0.25, -0.2) is 9.97 Å². The van der Waals surface area contributed by atoms with E-state index in [-0.39, 0.29) is 12.3 Å². The molecule has 0 saturated heterocycles. The number of carbonyl (C=O) groups is 1. The maximum atomic E-state index is 12.0. The van der Waals surface area contributed by atoms with Crippen LogP contribution in [0.15, 0.2) is 61.1 Å². The lowest BCUT2D eigenvalue weighted by molar-refractivity contribution is -0.124. The van der Waals surface area contributed by atoms with Crippen molar-refractivity contribution in [1.29, 1.82) is 0 Å². The highest BCUT2D eigenvalue weighted by Gasteiger charge is 2.18. The molecule has 194 valence electrons. The minimum atomic E-state index is -1.05. The highest BCUT2D eigenvalue weighted by atomic mass is 35.5. The SMILES string of the molecule is CN(C)c1cccc(Oc2ccc(Nc3ncnc4ccn(CCNC(=O)CC(C)(C)O)c34)cc2Cl)c1. The molecule has 1 amide bonds. The van der Waals surface area contributed by atoms with E-state index in [9.17, 15) is 9.90 Å². The summed E-state index contributed by atoms with van der Waals surface area (Å²) in [6, 6.07) is 15.1. The Hall–Kier alpha value is -3.82. The fraction of sp³-hybridized carbons (Fsp3) is 0.296. The largest absolute Gasteiger partial charge is 0.456 e. The predicted molar refractivity (Wildman–Crippen MR) is 147 cm³/mol. The summed E-state index contributed by atoms with van der Waals surface area (Å²) in [6.07, 6.45) is 3.44.